The van der Waals surface area contributed by atoms with E-state index in [-0.39, 0.29) is 39.9 Å². The van der Waals surface area contributed by atoms with Gasteiger partial charge in [0.1, 0.15) is 22.9 Å². The second-order valence-corrected chi connectivity index (χ2v) is 9.78. The van der Waals surface area contributed by atoms with Crippen LogP contribution in [0.4, 0.5) is 15.8 Å². The number of halogens is 2. The molecular formula is C27H26ClFN4O5S. The number of amides is 1. The molecule has 1 aromatic heterocycles. The monoisotopic (exact) mass is 572 g/mol. The molecule has 0 saturated heterocycles. The fraction of sp³-hybridized carbons (Fsp3) is 0.222. The molecule has 4 rings (SSSR count). The number of ether oxygens (including phenoxy) is 2. The van der Waals surface area contributed by atoms with E-state index >= 15 is 0 Å². The first kappa shape index (κ1) is 28.1. The molecule has 39 heavy (non-hydrogen) atoms. The number of aromatic nitrogens is 2. The highest BCUT2D eigenvalue weighted by Gasteiger charge is 2.23. The van der Waals surface area contributed by atoms with E-state index < -0.39 is 22.6 Å². The Morgan fingerprint density at radius 1 is 1.03 bits per heavy atom. The topological polar surface area (TPSA) is 111 Å². The van der Waals surface area contributed by atoms with Gasteiger partial charge in [-0.3, -0.25) is 9.10 Å². The van der Waals surface area contributed by atoms with Gasteiger partial charge in [0.15, 0.2) is 11.6 Å². The van der Waals surface area contributed by atoms with Gasteiger partial charge >= 0.3 is 0 Å². The number of nitrogens with zero attached hydrogens (tertiary/aromatic N) is 3. The SMILES string of the molecule is COc1ccc(CCCCN(c2ccc(F)c(NC(=O)c3cccc4c(Cl)ncnc34)c2OC)[SH](=O)=O)cc1. The Balaban J connectivity index is 1.55. The minimum absolute atomic E-state index is 0.109. The number of benzene rings is 3. The third-order valence-corrected chi connectivity index (χ3v) is 7.22. The van der Waals surface area contributed by atoms with Gasteiger partial charge in [-0.25, -0.2) is 22.8 Å². The summed E-state index contributed by atoms with van der Waals surface area (Å²) in [6.45, 7) is 0.142. The Morgan fingerprint density at radius 3 is 2.49 bits per heavy atom. The van der Waals surface area contributed by atoms with Crippen molar-refractivity contribution < 1.29 is 27.1 Å². The normalized spacial score (nSPS) is 11.0. The van der Waals surface area contributed by atoms with Crippen molar-refractivity contribution in [1.82, 2.24) is 9.97 Å². The Labute approximate surface area is 231 Å². The number of unbranched alkanes of at least 4 members (excludes halogenated alkanes) is 1. The summed E-state index contributed by atoms with van der Waals surface area (Å²) in [6, 6.07) is 14.8. The maximum Gasteiger partial charge on any atom is 0.258 e. The fourth-order valence-electron chi connectivity index (χ4n) is 4.17. The standard InChI is InChI=1S/C27H26ClFN4O5S/c1-37-18-11-9-17(10-12-18)6-3-4-15-33(39(35)36)22-14-13-21(29)24(25(22)38-2)32-27(34)20-8-5-7-19-23(20)30-16-31-26(19)28/h5,7-14,16,39H,3-4,6,15H2,1-2H3,(H,32,34). The van der Waals surface area contributed by atoms with E-state index in [1.807, 2.05) is 24.3 Å². The van der Waals surface area contributed by atoms with Crippen molar-refractivity contribution >= 4 is 50.7 Å². The van der Waals surface area contributed by atoms with Crippen LogP contribution >= 0.6 is 11.6 Å². The molecule has 3 aromatic carbocycles. The number of para-hydroxylation sites is 1. The molecule has 204 valence electrons. The van der Waals surface area contributed by atoms with Crippen LogP contribution in [0.1, 0.15) is 28.8 Å². The molecule has 0 bridgehead atoms. The van der Waals surface area contributed by atoms with E-state index in [1.165, 1.54) is 25.6 Å². The van der Waals surface area contributed by atoms with Gasteiger partial charge in [-0.2, -0.15) is 0 Å². The van der Waals surface area contributed by atoms with Gasteiger partial charge in [0, 0.05) is 11.9 Å². The fourth-order valence-corrected chi connectivity index (χ4v) is 5.00. The largest absolute Gasteiger partial charge is 0.497 e. The number of hydrogen-bond donors (Lipinski definition) is 2. The lowest BCUT2D eigenvalue weighted by Gasteiger charge is -2.22. The van der Waals surface area contributed by atoms with E-state index in [1.54, 1.807) is 19.2 Å². The van der Waals surface area contributed by atoms with E-state index in [9.17, 15) is 17.6 Å². The van der Waals surface area contributed by atoms with Gasteiger partial charge in [0.05, 0.1) is 31.0 Å². The van der Waals surface area contributed by atoms with Crippen LogP contribution < -0.4 is 19.1 Å². The molecule has 0 radical (unpaired) electrons. The molecule has 0 aliphatic carbocycles. The van der Waals surface area contributed by atoms with Crippen LogP contribution in [0.3, 0.4) is 0 Å². The van der Waals surface area contributed by atoms with Crippen LogP contribution in [-0.4, -0.2) is 45.1 Å². The van der Waals surface area contributed by atoms with Gasteiger partial charge in [-0.15, -0.1) is 0 Å². The molecule has 0 saturated carbocycles. The zero-order valence-corrected chi connectivity index (χ0v) is 22.8. The zero-order valence-electron chi connectivity index (χ0n) is 21.2. The molecule has 0 unspecified atom stereocenters. The molecule has 0 atom stereocenters. The second-order valence-electron chi connectivity index (χ2n) is 8.46. The van der Waals surface area contributed by atoms with Gasteiger partial charge in [0.25, 0.3) is 5.91 Å². The quantitative estimate of drug-likeness (QED) is 0.147. The Hall–Kier alpha value is -3.96. The van der Waals surface area contributed by atoms with Crippen molar-refractivity contribution in [2.45, 2.75) is 19.3 Å². The summed E-state index contributed by atoms with van der Waals surface area (Å²) < 4.78 is 51.1. The van der Waals surface area contributed by atoms with E-state index in [0.29, 0.717) is 18.2 Å². The maximum absolute atomic E-state index is 15.0. The molecule has 1 amide bonds. The van der Waals surface area contributed by atoms with E-state index in [2.05, 4.69) is 15.3 Å². The molecule has 0 aliphatic rings. The van der Waals surface area contributed by atoms with Crippen LogP contribution in [0.25, 0.3) is 10.9 Å². The minimum atomic E-state index is -3.08. The first-order valence-electron chi connectivity index (χ1n) is 12.0. The summed E-state index contributed by atoms with van der Waals surface area (Å²) in [5, 5.41) is 3.14. The van der Waals surface area contributed by atoms with Crippen LogP contribution in [0.15, 0.2) is 60.9 Å². The number of nitrogens with one attached hydrogen (secondary N) is 1. The molecule has 1 heterocycles. The summed E-state index contributed by atoms with van der Waals surface area (Å²) in [5.41, 5.74) is 1.33. The first-order chi connectivity index (χ1) is 18.8. The van der Waals surface area contributed by atoms with Crippen LogP contribution in [0.2, 0.25) is 5.15 Å². The van der Waals surface area contributed by atoms with Gasteiger partial charge < -0.3 is 14.8 Å². The number of fused-ring (bicyclic) bond motifs is 1. The van der Waals surface area contributed by atoms with Crippen LogP contribution in [0, 0.1) is 5.82 Å². The van der Waals surface area contributed by atoms with Crippen LogP contribution in [0.5, 0.6) is 11.5 Å². The van der Waals surface area contributed by atoms with Crippen LogP contribution in [-0.2, 0) is 17.3 Å². The van der Waals surface area contributed by atoms with E-state index in [0.717, 1.165) is 28.1 Å². The second kappa shape index (κ2) is 12.7. The lowest BCUT2D eigenvalue weighted by Crippen LogP contribution is -2.24. The average Bonchev–Trinajstić information content (AvgIpc) is 2.94. The third-order valence-electron chi connectivity index (χ3n) is 6.11. The summed E-state index contributed by atoms with van der Waals surface area (Å²) >= 11 is 6.12. The Kier molecular flexibility index (Phi) is 9.15. The molecule has 9 nitrogen and oxygen atoms in total. The summed E-state index contributed by atoms with van der Waals surface area (Å²) in [4.78, 5) is 21.2. The number of aryl methyl sites for hydroxylation is 1. The smallest absolute Gasteiger partial charge is 0.258 e. The molecular weight excluding hydrogens is 547 g/mol. The van der Waals surface area contributed by atoms with Gasteiger partial charge in [-0.05, 0) is 61.2 Å². The van der Waals surface area contributed by atoms with E-state index in [4.69, 9.17) is 21.1 Å². The van der Waals surface area contributed by atoms with Crippen molar-refractivity contribution in [2.75, 3.05) is 30.4 Å². The highest BCUT2D eigenvalue weighted by molar-refractivity contribution is 7.74. The minimum Gasteiger partial charge on any atom is -0.497 e. The molecule has 0 spiro atoms. The third kappa shape index (κ3) is 6.37. The summed E-state index contributed by atoms with van der Waals surface area (Å²) in [5.74, 6) is -0.831. The highest BCUT2D eigenvalue weighted by Crippen LogP contribution is 2.39. The number of carbonyl (C=O) groups excluding carboxylic acids is 1. The molecule has 4 aromatic rings. The van der Waals surface area contributed by atoms with Gasteiger partial charge in [-0.1, -0.05) is 29.8 Å². The van der Waals surface area contributed by atoms with Crippen molar-refractivity contribution in [2.24, 2.45) is 0 Å². The number of carbonyl (C=O) groups is 1. The summed E-state index contributed by atoms with van der Waals surface area (Å²) in [7, 11) is -0.207. The number of methoxy groups -OCH3 is 2. The van der Waals surface area contributed by atoms with Crippen molar-refractivity contribution in [1.29, 1.82) is 0 Å². The zero-order chi connectivity index (χ0) is 27.9. The van der Waals surface area contributed by atoms with Crippen molar-refractivity contribution in [3.05, 3.63) is 83.0 Å². The highest BCUT2D eigenvalue weighted by atomic mass is 35.5. The molecule has 1 N–H and O–H groups in total. The Bertz CT molecular complexity index is 1560. The lowest BCUT2D eigenvalue weighted by atomic mass is 10.1. The van der Waals surface area contributed by atoms with Gasteiger partial charge in [0.2, 0.25) is 10.9 Å². The average molecular weight is 573 g/mol. The maximum atomic E-state index is 15.0. The number of hydrogen-bond acceptors (Lipinski definition) is 7. The van der Waals surface area contributed by atoms with Crippen molar-refractivity contribution in [3.63, 3.8) is 0 Å². The predicted molar refractivity (Wildman–Crippen MR) is 149 cm³/mol. The first-order valence-corrected chi connectivity index (χ1v) is 13.5. The van der Waals surface area contributed by atoms with Crippen molar-refractivity contribution in [3.8, 4) is 11.5 Å². The number of thiol groups is 1. The number of rotatable bonds is 11. The predicted octanol–water partition coefficient (Wildman–Crippen LogP) is 5.05. The number of anilines is 2. The lowest BCUT2D eigenvalue weighted by molar-refractivity contribution is 0.102. The molecule has 0 aliphatic heterocycles. The summed E-state index contributed by atoms with van der Waals surface area (Å²) in [6.07, 6.45) is 3.22. The Morgan fingerprint density at radius 2 is 1.79 bits per heavy atom. The molecule has 0 fully saturated rings. The molecule has 12 heteroatoms.